The third kappa shape index (κ3) is 3.08. The van der Waals surface area contributed by atoms with Crippen LogP contribution in [0.4, 0.5) is 10.1 Å². The maximum absolute atomic E-state index is 14.3. The number of aromatic nitrogens is 1. The van der Waals surface area contributed by atoms with Crippen LogP contribution in [0.1, 0.15) is 35.3 Å². The van der Waals surface area contributed by atoms with Crippen LogP contribution in [0.25, 0.3) is 0 Å². The molecule has 1 aliphatic rings. The zero-order valence-electron chi connectivity index (χ0n) is 13.3. The summed E-state index contributed by atoms with van der Waals surface area (Å²) in [4.78, 5) is 20.3. The van der Waals surface area contributed by atoms with Gasteiger partial charge in [0.05, 0.1) is 12.1 Å². The highest BCUT2D eigenvalue weighted by molar-refractivity contribution is 6.02. The van der Waals surface area contributed by atoms with Crippen molar-refractivity contribution in [3.8, 4) is 0 Å². The van der Waals surface area contributed by atoms with Crippen LogP contribution in [0, 0.1) is 12.7 Å². The quantitative estimate of drug-likeness (QED) is 0.898. The van der Waals surface area contributed by atoms with Gasteiger partial charge in [-0.15, -0.1) is 0 Å². The lowest BCUT2D eigenvalue weighted by Gasteiger charge is -2.30. The average Bonchev–Trinajstić information content (AvgIpc) is 2.95. The van der Waals surface area contributed by atoms with E-state index in [1.165, 1.54) is 18.4 Å². The number of hydrogen-bond donors (Lipinski definition) is 2. The van der Waals surface area contributed by atoms with E-state index in [-0.39, 0.29) is 11.7 Å². The summed E-state index contributed by atoms with van der Waals surface area (Å²) in [5, 5.41) is 2.67. The molecule has 2 heterocycles. The summed E-state index contributed by atoms with van der Waals surface area (Å²) in [6.45, 7) is 3.76. The Morgan fingerprint density at radius 2 is 2.25 bits per heavy atom. The predicted molar refractivity (Wildman–Crippen MR) is 85.1 cm³/mol. The van der Waals surface area contributed by atoms with Gasteiger partial charge >= 0.3 is 0 Å². The fraction of sp³-hybridized carbons (Fsp3) is 0.312. The number of oxazole rings is 1. The monoisotopic (exact) mass is 332 g/mol. The molecule has 0 aliphatic carbocycles. The van der Waals surface area contributed by atoms with Crippen molar-refractivity contribution in [1.82, 2.24) is 4.98 Å². The number of halogens is 1. The molecule has 8 heteroatoms. The van der Waals surface area contributed by atoms with Gasteiger partial charge in [-0.25, -0.2) is 14.4 Å². The first-order chi connectivity index (χ1) is 11.4. The molecule has 1 aliphatic heterocycles. The van der Waals surface area contributed by atoms with Gasteiger partial charge in [0.15, 0.2) is 11.6 Å². The predicted octanol–water partition coefficient (Wildman–Crippen LogP) is 2.32. The maximum atomic E-state index is 14.3. The normalized spacial score (nSPS) is 20.2. The second-order valence-electron chi connectivity index (χ2n) is 5.72. The molecule has 24 heavy (non-hydrogen) atoms. The van der Waals surface area contributed by atoms with Crippen LogP contribution >= 0.6 is 0 Å². The highest BCUT2D eigenvalue weighted by Gasteiger charge is 2.33. The van der Waals surface area contributed by atoms with Crippen molar-refractivity contribution < 1.29 is 18.3 Å². The van der Waals surface area contributed by atoms with Gasteiger partial charge in [-0.3, -0.25) is 4.79 Å². The number of aryl methyl sites for hydroxylation is 1. The number of ether oxygens (including phenoxy) is 1. The number of aliphatic imine (C=N–C) groups is 1. The van der Waals surface area contributed by atoms with Crippen LogP contribution in [-0.2, 0) is 10.3 Å². The highest BCUT2D eigenvalue weighted by Crippen LogP contribution is 2.35. The number of amides is 1. The molecule has 0 saturated heterocycles. The van der Waals surface area contributed by atoms with E-state index in [9.17, 15) is 9.18 Å². The second kappa shape index (κ2) is 5.95. The maximum Gasteiger partial charge on any atom is 0.282 e. The third-order valence-electron chi connectivity index (χ3n) is 3.85. The largest absolute Gasteiger partial charge is 0.465 e. The lowest BCUT2D eigenvalue weighted by Crippen LogP contribution is -2.34. The van der Waals surface area contributed by atoms with Crippen LogP contribution in [-0.4, -0.2) is 23.5 Å². The van der Waals surface area contributed by atoms with E-state index in [4.69, 9.17) is 14.9 Å². The van der Waals surface area contributed by atoms with Gasteiger partial charge in [-0.1, -0.05) is 0 Å². The van der Waals surface area contributed by atoms with Crippen molar-refractivity contribution in [2.45, 2.75) is 25.8 Å². The van der Waals surface area contributed by atoms with Gasteiger partial charge in [0, 0.05) is 24.6 Å². The summed E-state index contributed by atoms with van der Waals surface area (Å²) < 4.78 is 24.4. The molecule has 0 spiro atoms. The molecule has 3 N–H and O–H groups in total. The standard InChI is InChI=1S/C16H17FN4O3/c1-9-19-13(8-24-9)14(22)20-10-3-4-12(17)11(7-10)16(2)5-6-23-15(18)21-16/h3-4,7-8H,5-6H2,1-2H3,(H2,18,21)(H,20,22)/t16-/m0/s1. The number of nitrogens with zero attached hydrogens (tertiary/aromatic N) is 2. The molecule has 0 bridgehead atoms. The van der Waals surface area contributed by atoms with Crippen LogP contribution in [0.15, 0.2) is 33.9 Å². The van der Waals surface area contributed by atoms with E-state index >= 15 is 0 Å². The molecule has 2 aromatic rings. The smallest absolute Gasteiger partial charge is 0.282 e. The van der Waals surface area contributed by atoms with Crippen LogP contribution < -0.4 is 11.1 Å². The lowest BCUT2D eigenvalue weighted by molar-refractivity contribution is 0.102. The van der Waals surface area contributed by atoms with Gasteiger partial charge in [-0.2, -0.15) is 0 Å². The Morgan fingerprint density at radius 1 is 1.46 bits per heavy atom. The fourth-order valence-electron chi connectivity index (χ4n) is 2.56. The molecule has 1 atom stereocenters. The molecule has 0 radical (unpaired) electrons. The first kappa shape index (κ1) is 16.0. The number of rotatable bonds is 3. The molecular formula is C16H17FN4O3. The summed E-state index contributed by atoms with van der Waals surface area (Å²) in [5.41, 5.74) is 5.68. The molecule has 0 unspecified atom stereocenters. The van der Waals surface area contributed by atoms with Gasteiger partial charge in [0.25, 0.3) is 11.9 Å². The number of hydrogen-bond acceptors (Lipinski definition) is 6. The minimum atomic E-state index is -0.850. The minimum absolute atomic E-state index is 0.0238. The molecule has 0 saturated carbocycles. The number of benzene rings is 1. The molecule has 7 nitrogen and oxygen atoms in total. The van der Waals surface area contributed by atoms with Crippen molar-refractivity contribution in [3.63, 3.8) is 0 Å². The number of carbonyl (C=O) groups excluding carboxylic acids is 1. The van der Waals surface area contributed by atoms with Crippen molar-refractivity contribution in [1.29, 1.82) is 0 Å². The third-order valence-corrected chi connectivity index (χ3v) is 3.85. The average molecular weight is 332 g/mol. The minimum Gasteiger partial charge on any atom is -0.465 e. The second-order valence-corrected chi connectivity index (χ2v) is 5.72. The zero-order chi connectivity index (χ0) is 17.3. The van der Waals surface area contributed by atoms with E-state index in [0.29, 0.717) is 30.2 Å². The molecule has 1 amide bonds. The molecule has 0 fully saturated rings. The SMILES string of the molecule is Cc1nc(C(=O)Nc2ccc(F)c([C@]3(C)CCOC(N)=N3)c2)co1. The van der Waals surface area contributed by atoms with Gasteiger partial charge in [0.1, 0.15) is 12.1 Å². The summed E-state index contributed by atoms with van der Waals surface area (Å²) in [6, 6.07) is 4.32. The van der Waals surface area contributed by atoms with Crippen LogP contribution in [0.5, 0.6) is 0 Å². The van der Waals surface area contributed by atoms with E-state index in [1.807, 2.05) is 0 Å². The van der Waals surface area contributed by atoms with Crippen LogP contribution in [0.3, 0.4) is 0 Å². The van der Waals surface area contributed by atoms with E-state index < -0.39 is 17.3 Å². The Hall–Kier alpha value is -2.90. The van der Waals surface area contributed by atoms with Crippen molar-refractivity contribution >= 4 is 17.6 Å². The number of nitrogens with one attached hydrogen (secondary N) is 1. The Morgan fingerprint density at radius 3 is 2.92 bits per heavy atom. The van der Waals surface area contributed by atoms with Crippen molar-refractivity contribution in [2.75, 3.05) is 11.9 Å². The molecule has 3 rings (SSSR count). The molecule has 1 aromatic carbocycles. The Balaban J connectivity index is 1.89. The van der Waals surface area contributed by atoms with E-state index in [0.717, 1.165) is 0 Å². The van der Waals surface area contributed by atoms with Gasteiger partial charge in [0.2, 0.25) is 0 Å². The summed E-state index contributed by atoms with van der Waals surface area (Å²) in [5.74, 6) is -0.477. The topological polar surface area (TPSA) is 103 Å². The number of amidine groups is 1. The zero-order valence-corrected chi connectivity index (χ0v) is 13.3. The highest BCUT2D eigenvalue weighted by atomic mass is 19.1. The summed E-state index contributed by atoms with van der Waals surface area (Å²) in [6.07, 6.45) is 1.74. The molecule has 1 aromatic heterocycles. The van der Waals surface area contributed by atoms with Crippen molar-refractivity contribution in [3.05, 3.63) is 47.4 Å². The van der Waals surface area contributed by atoms with E-state index in [1.54, 1.807) is 19.9 Å². The van der Waals surface area contributed by atoms with Gasteiger partial charge < -0.3 is 20.2 Å². The summed E-state index contributed by atoms with van der Waals surface area (Å²) in [7, 11) is 0. The van der Waals surface area contributed by atoms with E-state index in [2.05, 4.69) is 15.3 Å². The number of anilines is 1. The summed E-state index contributed by atoms with van der Waals surface area (Å²) >= 11 is 0. The molecule has 126 valence electrons. The Kier molecular flexibility index (Phi) is 3.96. The van der Waals surface area contributed by atoms with Gasteiger partial charge in [-0.05, 0) is 25.1 Å². The Labute approximate surface area is 137 Å². The lowest BCUT2D eigenvalue weighted by atomic mass is 9.88. The van der Waals surface area contributed by atoms with Crippen LogP contribution in [0.2, 0.25) is 0 Å². The fourth-order valence-corrected chi connectivity index (χ4v) is 2.56. The first-order valence-corrected chi connectivity index (χ1v) is 7.39. The Bertz CT molecular complexity index is 817. The van der Waals surface area contributed by atoms with Crippen molar-refractivity contribution in [2.24, 2.45) is 10.7 Å². The number of carbonyl (C=O) groups is 1. The molecular weight excluding hydrogens is 315 g/mol. The number of nitrogens with two attached hydrogens (primary N) is 1. The first-order valence-electron chi connectivity index (χ1n) is 7.39.